The number of amides is 5. The van der Waals surface area contributed by atoms with Crippen molar-refractivity contribution < 1.29 is 32.3 Å². The molecule has 12 heteroatoms. The summed E-state index contributed by atoms with van der Waals surface area (Å²) >= 11 is 0. The molecule has 4 rings (SSSR count). The van der Waals surface area contributed by atoms with Crippen LogP contribution in [0.3, 0.4) is 0 Å². The van der Waals surface area contributed by atoms with Crippen LogP contribution >= 0.6 is 0 Å². The molecule has 0 spiro atoms. The van der Waals surface area contributed by atoms with Crippen LogP contribution in [0.25, 0.3) is 0 Å². The number of likely N-dealkylation sites (tertiary alicyclic amines) is 2. The van der Waals surface area contributed by atoms with E-state index >= 15 is 0 Å². The van der Waals surface area contributed by atoms with Gasteiger partial charge in [-0.3, -0.25) is 4.79 Å². The van der Waals surface area contributed by atoms with E-state index in [0.29, 0.717) is 64.3 Å². The molecular formula is C22H28F3N5O4. The van der Waals surface area contributed by atoms with Crippen molar-refractivity contribution in [2.75, 3.05) is 51.1 Å². The second-order valence-corrected chi connectivity index (χ2v) is 8.85. The van der Waals surface area contributed by atoms with Gasteiger partial charge in [-0.1, -0.05) is 0 Å². The zero-order valence-electron chi connectivity index (χ0n) is 18.6. The van der Waals surface area contributed by atoms with Crippen LogP contribution in [0.15, 0.2) is 24.3 Å². The first-order chi connectivity index (χ1) is 16.2. The van der Waals surface area contributed by atoms with Gasteiger partial charge in [0.25, 0.3) is 0 Å². The molecule has 3 aliphatic heterocycles. The van der Waals surface area contributed by atoms with E-state index in [0.717, 1.165) is 18.6 Å². The predicted molar refractivity (Wildman–Crippen MR) is 116 cm³/mol. The van der Waals surface area contributed by atoms with Gasteiger partial charge in [0.2, 0.25) is 5.91 Å². The van der Waals surface area contributed by atoms with Gasteiger partial charge in [-0.15, -0.1) is 13.2 Å². The van der Waals surface area contributed by atoms with Crippen molar-refractivity contribution in [2.24, 2.45) is 11.8 Å². The number of halogens is 3. The number of alkyl halides is 3. The lowest BCUT2D eigenvalue weighted by Gasteiger charge is -2.37. The van der Waals surface area contributed by atoms with Crippen molar-refractivity contribution in [1.82, 2.24) is 20.0 Å². The van der Waals surface area contributed by atoms with Crippen molar-refractivity contribution in [3.63, 3.8) is 0 Å². The quantitative estimate of drug-likeness (QED) is 0.674. The number of urea groups is 2. The Labute approximate surface area is 195 Å². The van der Waals surface area contributed by atoms with Crippen molar-refractivity contribution in [2.45, 2.75) is 25.6 Å². The molecule has 2 unspecified atom stereocenters. The van der Waals surface area contributed by atoms with Gasteiger partial charge in [-0.2, -0.15) is 0 Å². The lowest BCUT2D eigenvalue weighted by Crippen LogP contribution is -2.45. The van der Waals surface area contributed by atoms with E-state index in [-0.39, 0.29) is 35.6 Å². The second kappa shape index (κ2) is 9.98. The summed E-state index contributed by atoms with van der Waals surface area (Å²) < 4.78 is 40.7. The molecule has 3 fully saturated rings. The average molecular weight is 483 g/mol. The number of carbonyl (C=O) groups is 3. The van der Waals surface area contributed by atoms with Gasteiger partial charge in [-0.25, -0.2) is 9.59 Å². The molecule has 3 aliphatic rings. The summed E-state index contributed by atoms with van der Waals surface area (Å²) in [6.45, 7) is 3.89. The molecule has 5 amide bonds. The summed E-state index contributed by atoms with van der Waals surface area (Å²) in [6.07, 6.45) is -2.85. The molecule has 0 aliphatic carbocycles. The second-order valence-electron chi connectivity index (χ2n) is 8.85. The standard InChI is InChI=1S/C22H28F3N5O4/c23-22(24,25)34-18-3-1-17(2-4-18)27-21(33)30-9-5-15-13-19(31)28(8-6-16(15)14-30)11-12-29-10-7-26-20(29)32/h1-4,15-16H,5-14H2,(H,26,32)(H,27,33). The summed E-state index contributed by atoms with van der Waals surface area (Å²) in [5.74, 6) is 0.122. The predicted octanol–water partition coefficient (Wildman–Crippen LogP) is 2.70. The number of hydrogen-bond acceptors (Lipinski definition) is 4. The Hall–Kier alpha value is -3.18. The maximum atomic E-state index is 12.8. The number of rotatable bonds is 5. The highest BCUT2D eigenvalue weighted by Gasteiger charge is 2.36. The number of benzene rings is 1. The molecular weight excluding hydrogens is 455 g/mol. The van der Waals surface area contributed by atoms with Gasteiger partial charge < -0.3 is 30.1 Å². The minimum Gasteiger partial charge on any atom is -0.406 e. The van der Waals surface area contributed by atoms with Crippen molar-refractivity contribution in [3.05, 3.63) is 24.3 Å². The molecule has 3 heterocycles. The lowest BCUT2D eigenvalue weighted by atomic mass is 9.82. The minimum atomic E-state index is -4.77. The van der Waals surface area contributed by atoms with Gasteiger partial charge in [0, 0.05) is 57.9 Å². The molecule has 2 atom stereocenters. The molecule has 186 valence electrons. The summed E-state index contributed by atoms with van der Waals surface area (Å²) in [5.41, 5.74) is 0.370. The number of nitrogens with zero attached hydrogens (tertiary/aromatic N) is 3. The first kappa shape index (κ1) is 24.0. The molecule has 0 bridgehead atoms. The minimum absolute atomic E-state index is 0.0890. The van der Waals surface area contributed by atoms with Crippen molar-refractivity contribution >= 4 is 23.7 Å². The number of anilines is 1. The molecule has 2 N–H and O–H groups in total. The Kier molecular flexibility index (Phi) is 7.03. The maximum absolute atomic E-state index is 12.8. The topological polar surface area (TPSA) is 94.2 Å². The molecule has 0 saturated carbocycles. The number of carbonyl (C=O) groups excluding carboxylic acids is 3. The number of nitrogens with one attached hydrogen (secondary N) is 2. The highest BCUT2D eigenvalue weighted by atomic mass is 19.4. The largest absolute Gasteiger partial charge is 0.573 e. The van der Waals surface area contributed by atoms with E-state index < -0.39 is 6.36 Å². The van der Waals surface area contributed by atoms with E-state index in [1.165, 1.54) is 12.1 Å². The van der Waals surface area contributed by atoms with Crippen LogP contribution < -0.4 is 15.4 Å². The number of ether oxygens (including phenoxy) is 1. The van der Waals surface area contributed by atoms with Crippen molar-refractivity contribution in [1.29, 1.82) is 0 Å². The lowest BCUT2D eigenvalue weighted by molar-refractivity contribution is -0.274. The number of hydrogen-bond donors (Lipinski definition) is 2. The Morgan fingerprint density at radius 3 is 2.41 bits per heavy atom. The van der Waals surface area contributed by atoms with E-state index in [4.69, 9.17) is 0 Å². The average Bonchev–Trinajstić information content (AvgIpc) is 3.11. The SMILES string of the molecule is O=C1CC2CCN(C(=O)Nc3ccc(OC(F)(F)F)cc3)CC2CCN1CCN1CCNC1=O. The van der Waals surface area contributed by atoms with Crippen molar-refractivity contribution in [3.8, 4) is 5.75 Å². The normalized spacial score (nSPS) is 23.3. The Morgan fingerprint density at radius 2 is 1.74 bits per heavy atom. The molecule has 9 nitrogen and oxygen atoms in total. The summed E-state index contributed by atoms with van der Waals surface area (Å²) in [5, 5.41) is 5.47. The fourth-order valence-electron chi connectivity index (χ4n) is 4.81. The Balaban J connectivity index is 1.28. The molecule has 0 aromatic heterocycles. The smallest absolute Gasteiger partial charge is 0.406 e. The van der Waals surface area contributed by atoms with Gasteiger partial charge in [0.15, 0.2) is 0 Å². The Morgan fingerprint density at radius 1 is 1.03 bits per heavy atom. The fraction of sp³-hybridized carbons (Fsp3) is 0.591. The monoisotopic (exact) mass is 483 g/mol. The van der Waals surface area contributed by atoms with Crippen LogP contribution in [0.1, 0.15) is 19.3 Å². The summed E-state index contributed by atoms with van der Waals surface area (Å²) in [4.78, 5) is 42.4. The third kappa shape index (κ3) is 6.03. The highest BCUT2D eigenvalue weighted by Crippen LogP contribution is 2.33. The first-order valence-electron chi connectivity index (χ1n) is 11.4. The summed E-state index contributed by atoms with van der Waals surface area (Å²) in [6, 6.07) is 4.58. The van der Waals surface area contributed by atoms with Crippen LogP contribution in [-0.4, -0.2) is 84.8 Å². The third-order valence-corrected chi connectivity index (χ3v) is 6.66. The zero-order chi connectivity index (χ0) is 24.3. The molecule has 34 heavy (non-hydrogen) atoms. The molecule has 1 aromatic rings. The third-order valence-electron chi connectivity index (χ3n) is 6.66. The van der Waals surface area contributed by atoms with Gasteiger partial charge in [-0.05, 0) is 48.9 Å². The van der Waals surface area contributed by atoms with Gasteiger partial charge >= 0.3 is 18.4 Å². The van der Waals surface area contributed by atoms with E-state index in [1.807, 2.05) is 4.90 Å². The molecule has 1 aromatic carbocycles. The van der Waals surface area contributed by atoms with Crippen LogP contribution in [0, 0.1) is 11.8 Å². The van der Waals surface area contributed by atoms with E-state index in [9.17, 15) is 27.6 Å². The highest BCUT2D eigenvalue weighted by molar-refractivity contribution is 5.89. The maximum Gasteiger partial charge on any atom is 0.573 e. The van der Waals surface area contributed by atoms with E-state index in [1.54, 1.807) is 9.80 Å². The van der Waals surface area contributed by atoms with Crippen LogP contribution in [0.5, 0.6) is 5.75 Å². The Bertz CT molecular complexity index is 911. The van der Waals surface area contributed by atoms with Crippen LogP contribution in [-0.2, 0) is 4.79 Å². The number of piperidine rings is 1. The molecule has 3 saturated heterocycles. The van der Waals surface area contributed by atoms with Crippen LogP contribution in [0.2, 0.25) is 0 Å². The fourth-order valence-corrected chi connectivity index (χ4v) is 4.81. The zero-order valence-corrected chi connectivity index (χ0v) is 18.6. The van der Waals surface area contributed by atoms with Crippen LogP contribution in [0.4, 0.5) is 28.4 Å². The number of fused-ring (bicyclic) bond motifs is 1. The van der Waals surface area contributed by atoms with Gasteiger partial charge in [0.05, 0.1) is 0 Å². The van der Waals surface area contributed by atoms with Gasteiger partial charge in [0.1, 0.15) is 5.75 Å². The molecule has 0 radical (unpaired) electrons. The van der Waals surface area contributed by atoms with E-state index in [2.05, 4.69) is 15.4 Å². The summed E-state index contributed by atoms with van der Waals surface area (Å²) in [7, 11) is 0. The first-order valence-corrected chi connectivity index (χ1v) is 11.4.